The fourth-order valence-corrected chi connectivity index (χ4v) is 1.17. The van der Waals surface area contributed by atoms with Crippen molar-refractivity contribution in [3.63, 3.8) is 0 Å². The topological polar surface area (TPSA) is 17.1 Å². The summed E-state index contributed by atoms with van der Waals surface area (Å²) in [5.41, 5.74) is 1.02. The molecule has 1 aromatic carbocycles. The number of halogens is 1. The number of Topliss-reactive ketones (excluding diaryl/α,β-unsaturated/α-hetero) is 1. The van der Waals surface area contributed by atoms with Gasteiger partial charge in [-0.2, -0.15) is 0 Å². The first-order valence-electron chi connectivity index (χ1n) is 4.10. The molecule has 0 aromatic heterocycles. The normalized spacial score (nSPS) is 10.6. The lowest BCUT2D eigenvalue weighted by Crippen LogP contribution is -1.83. The van der Waals surface area contributed by atoms with Crippen LogP contribution in [0.4, 0.5) is 0 Å². The maximum atomic E-state index is 10.6. The van der Waals surface area contributed by atoms with E-state index in [-0.39, 0.29) is 5.78 Å². The molecule has 0 saturated carbocycles. The summed E-state index contributed by atoms with van der Waals surface area (Å²) in [6.07, 6.45) is 4.22. The van der Waals surface area contributed by atoms with Crippen LogP contribution in [0.15, 0.2) is 30.3 Å². The number of benzene rings is 1. The van der Waals surface area contributed by atoms with E-state index in [1.165, 1.54) is 0 Å². The van der Waals surface area contributed by atoms with Gasteiger partial charge in [0.2, 0.25) is 0 Å². The van der Waals surface area contributed by atoms with Crippen LogP contribution in [-0.4, -0.2) is 5.78 Å². The van der Waals surface area contributed by atoms with Crippen molar-refractivity contribution in [3.05, 3.63) is 40.9 Å². The lowest BCUT2D eigenvalue weighted by molar-refractivity contribution is -0.116. The molecule has 0 spiro atoms. The van der Waals surface area contributed by atoms with Crippen LogP contribution in [0.2, 0.25) is 5.02 Å². The minimum absolute atomic E-state index is 0.165. The van der Waals surface area contributed by atoms with E-state index in [0.29, 0.717) is 11.4 Å². The van der Waals surface area contributed by atoms with Gasteiger partial charge in [0.1, 0.15) is 5.78 Å². The van der Waals surface area contributed by atoms with Crippen molar-refractivity contribution < 1.29 is 4.79 Å². The van der Waals surface area contributed by atoms with Gasteiger partial charge in [0.25, 0.3) is 0 Å². The van der Waals surface area contributed by atoms with E-state index < -0.39 is 0 Å². The first kappa shape index (κ1) is 10.0. The van der Waals surface area contributed by atoms with Gasteiger partial charge in [-0.1, -0.05) is 35.9 Å². The number of carbonyl (C=O) groups is 1. The molecule has 1 aromatic rings. The maximum Gasteiger partial charge on any atom is 0.133 e. The third-order valence-electron chi connectivity index (χ3n) is 1.56. The highest BCUT2D eigenvalue weighted by molar-refractivity contribution is 6.30. The summed E-state index contributed by atoms with van der Waals surface area (Å²) in [7, 11) is 0. The molecule has 13 heavy (non-hydrogen) atoms. The first-order chi connectivity index (χ1) is 6.18. The molecule has 0 bridgehead atoms. The molecular weight excluding hydrogens is 184 g/mol. The molecule has 0 N–H and O–H groups in total. The van der Waals surface area contributed by atoms with E-state index in [1.54, 1.807) is 6.92 Å². The molecule has 0 saturated heterocycles. The van der Waals surface area contributed by atoms with Crippen LogP contribution >= 0.6 is 11.6 Å². The van der Waals surface area contributed by atoms with Crippen molar-refractivity contribution in [2.24, 2.45) is 0 Å². The van der Waals surface area contributed by atoms with Crippen LogP contribution in [0.1, 0.15) is 18.9 Å². The summed E-state index contributed by atoms with van der Waals surface area (Å²) in [4.78, 5) is 10.6. The second-order valence-electron chi connectivity index (χ2n) is 2.86. The summed E-state index contributed by atoms with van der Waals surface area (Å²) in [5, 5.41) is 0.713. The van der Waals surface area contributed by atoms with Crippen LogP contribution < -0.4 is 0 Å². The van der Waals surface area contributed by atoms with Crippen molar-refractivity contribution in [1.82, 2.24) is 0 Å². The molecular formula is C11H11ClO. The van der Waals surface area contributed by atoms with Crippen molar-refractivity contribution >= 4 is 23.5 Å². The molecule has 0 aliphatic heterocycles. The molecule has 0 aliphatic rings. The third-order valence-corrected chi connectivity index (χ3v) is 1.80. The molecule has 0 radical (unpaired) electrons. The zero-order valence-corrected chi connectivity index (χ0v) is 8.21. The molecule has 0 heterocycles. The maximum absolute atomic E-state index is 10.6. The van der Waals surface area contributed by atoms with Crippen LogP contribution in [0.5, 0.6) is 0 Å². The Balaban J connectivity index is 2.63. The first-order valence-corrected chi connectivity index (χ1v) is 4.48. The lowest BCUT2D eigenvalue weighted by atomic mass is 10.2. The SMILES string of the molecule is CC(=O)CC=Cc1cccc(Cl)c1. The van der Waals surface area contributed by atoms with Crippen LogP contribution in [0.25, 0.3) is 6.08 Å². The van der Waals surface area contributed by atoms with E-state index in [1.807, 2.05) is 36.4 Å². The predicted molar refractivity (Wildman–Crippen MR) is 55.8 cm³/mol. The number of hydrogen-bond donors (Lipinski definition) is 0. The molecule has 0 atom stereocenters. The molecule has 1 rings (SSSR count). The summed E-state index contributed by atoms with van der Waals surface area (Å²) < 4.78 is 0. The molecule has 0 amide bonds. The zero-order valence-electron chi connectivity index (χ0n) is 7.46. The Morgan fingerprint density at radius 1 is 1.54 bits per heavy atom. The van der Waals surface area contributed by atoms with E-state index >= 15 is 0 Å². The predicted octanol–water partition coefficient (Wildman–Crippen LogP) is 3.33. The number of ketones is 1. The van der Waals surface area contributed by atoms with Crippen molar-refractivity contribution in [2.75, 3.05) is 0 Å². The largest absolute Gasteiger partial charge is 0.300 e. The Morgan fingerprint density at radius 2 is 2.31 bits per heavy atom. The average Bonchev–Trinajstić information content (AvgIpc) is 2.03. The summed E-state index contributed by atoms with van der Waals surface area (Å²) in [6.45, 7) is 1.57. The Labute approximate surface area is 83.0 Å². The molecule has 0 aliphatic carbocycles. The molecule has 2 heteroatoms. The van der Waals surface area contributed by atoms with Gasteiger partial charge in [0, 0.05) is 11.4 Å². The van der Waals surface area contributed by atoms with Gasteiger partial charge in [-0.05, 0) is 24.6 Å². The second-order valence-corrected chi connectivity index (χ2v) is 3.30. The number of carbonyl (C=O) groups excluding carboxylic acids is 1. The minimum atomic E-state index is 0.165. The molecule has 68 valence electrons. The van der Waals surface area contributed by atoms with Crippen LogP contribution in [-0.2, 0) is 4.79 Å². The molecule has 0 fully saturated rings. The quantitative estimate of drug-likeness (QED) is 0.722. The van der Waals surface area contributed by atoms with Crippen molar-refractivity contribution in [3.8, 4) is 0 Å². The van der Waals surface area contributed by atoms with Gasteiger partial charge < -0.3 is 0 Å². The van der Waals surface area contributed by atoms with E-state index in [2.05, 4.69) is 0 Å². The fourth-order valence-electron chi connectivity index (χ4n) is 0.971. The standard InChI is InChI=1S/C11H11ClO/c1-9(13)4-2-5-10-6-3-7-11(12)8-10/h2-3,5-8H,4H2,1H3. The average molecular weight is 195 g/mol. The third kappa shape index (κ3) is 3.90. The summed E-state index contributed by atoms with van der Waals surface area (Å²) in [5.74, 6) is 0.165. The van der Waals surface area contributed by atoms with Gasteiger partial charge in [0.15, 0.2) is 0 Å². The lowest BCUT2D eigenvalue weighted by Gasteiger charge is -1.93. The van der Waals surface area contributed by atoms with Gasteiger partial charge in [-0.25, -0.2) is 0 Å². The summed E-state index contributed by atoms with van der Waals surface area (Å²) >= 11 is 5.79. The summed E-state index contributed by atoms with van der Waals surface area (Å²) in [6, 6.07) is 7.51. The van der Waals surface area contributed by atoms with E-state index in [4.69, 9.17) is 11.6 Å². The molecule has 0 unspecified atom stereocenters. The highest BCUT2D eigenvalue weighted by Crippen LogP contribution is 2.11. The smallest absolute Gasteiger partial charge is 0.133 e. The highest BCUT2D eigenvalue weighted by Gasteiger charge is 1.89. The highest BCUT2D eigenvalue weighted by atomic mass is 35.5. The Bertz CT molecular complexity index is 329. The Morgan fingerprint density at radius 3 is 2.92 bits per heavy atom. The molecule has 1 nitrogen and oxygen atoms in total. The van der Waals surface area contributed by atoms with E-state index in [0.717, 1.165) is 5.56 Å². The minimum Gasteiger partial charge on any atom is -0.300 e. The Hall–Kier alpha value is -1.08. The van der Waals surface area contributed by atoms with Gasteiger partial charge in [-0.15, -0.1) is 0 Å². The Kier molecular flexibility index (Phi) is 3.71. The van der Waals surface area contributed by atoms with Crippen molar-refractivity contribution in [2.45, 2.75) is 13.3 Å². The van der Waals surface area contributed by atoms with Gasteiger partial charge in [-0.3, -0.25) is 4.79 Å². The van der Waals surface area contributed by atoms with Crippen LogP contribution in [0, 0.1) is 0 Å². The fraction of sp³-hybridized carbons (Fsp3) is 0.182. The second kappa shape index (κ2) is 4.83. The van der Waals surface area contributed by atoms with Gasteiger partial charge >= 0.3 is 0 Å². The van der Waals surface area contributed by atoms with Crippen LogP contribution in [0.3, 0.4) is 0 Å². The van der Waals surface area contributed by atoms with E-state index in [9.17, 15) is 4.79 Å². The van der Waals surface area contributed by atoms with Crippen molar-refractivity contribution in [1.29, 1.82) is 0 Å². The monoisotopic (exact) mass is 194 g/mol. The number of hydrogen-bond acceptors (Lipinski definition) is 1. The number of rotatable bonds is 3. The number of allylic oxidation sites excluding steroid dienone is 1. The zero-order chi connectivity index (χ0) is 9.68. The van der Waals surface area contributed by atoms with Gasteiger partial charge in [0.05, 0.1) is 0 Å².